The van der Waals surface area contributed by atoms with Crippen molar-refractivity contribution in [2.45, 2.75) is 19.8 Å². The third-order valence-corrected chi connectivity index (χ3v) is 5.36. The average Bonchev–Trinajstić information content (AvgIpc) is 2.47. The molecule has 21 heavy (non-hydrogen) atoms. The van der Waals surface area contributed by atoms with Gasteiger partial charge in [-0.1, -0.05) is 6.07 Å². The van der Waals surface area contributed by atoms with Gasteiger partial charge in [-0.3, -0.25) is 4.72 Å². The summed E-state index contributed by atoms with van der Waals surface area (Å²) < 4.78 is 34.2. The fourth-order valence-corrected chi connectivity index (χ4v) is 3.75. The zero-order valence-electron chi connectivity index (χ0n) is 12.5. The molecule has 6 nitrogen and oxygen atoms in total. The van der Waals surface area contributed by atoms with Gasteiger partial charge in [0.2, 0.25) is 0 Å². The summed E-state index contributed by atoms with van der Waals surface area (Å²) in [7, 11) is -2.03. The van der Waals surface area contributed by atoms with E-state index < -0.39 is 10.2 Å². The fourth-order valence-electron chi connectivity index (χ4n) is 2.49. The van der Waals surface area contributed by atoms with Crippen molar-refractivity contribution < 1.29 is 13.2 Å². The van der Waals surface area contributed by atoms with E-state index in [9.17, 15) is 8.42 Å². The standard InChI is InChI=1S/C14H23N3O3S/c1-11-3-4-14(20-2)13(9-11)16-21(18,19)17-7-5-12(10-15)6-8-17/h3-4,9,12,16H,5-8,10,15H2,1-2H3. The smallest absolute Gasteiger partial charge is 0.301 e. The lowest BCUT2D eigenvalue weighted by atomic mass is 9.99. The van der Waals surface area contributed by atoms with Gasteiger partial charge in [-0.05, 0) is 49.9 Å². The zero-order chi connectivity index (χ0) is 15.5. The van der Waals surface area contributed by atoms with Gasteiger partial charge in [-0.2, -0.15) is 12.7 Å². The molecule has 1 saturated heterocycles. The van der Waals surface area contributed by atoms with E-state index in [-0.39, 0.29) is 0 Å². The molecule has 1 heterocycles. The summed E-state index contributed by atoms with van der Waals surface area (Å²) in [6, 6.07) is 5.40. The third-order valence-electron chi connectivity index (χ3n) is 3.84. The van der Waals surface area contributed by atoms with Crippen LogP contribution in [0.1, 0.15) is 18.4 Å². The molecule has 0 aromatic heterocycles. The fraction of sp³-hybridized carbons (Fsp3) is 0.571. The number of methoxy groups -OCH3 is 1. The van der Waals surface area contributed by atoms with Gasteiger partial charge in [-0.25, -0.2) is 0 Å². The highest BCUT2D eigenvalue weighted by molar-refractivity contribution is 7.90. The highest BCUT2D eigenvalue weighted by Crippen LogP contribution is 2.28. The summed E-state index contributed by atoms with van der Waals surface area (Å²) in [5, 5.41) is 0. The molecule has 7 heteroatoms. The molecule has 1 aliphatic heterocycles. The molecule has 0 atom stereocenters. The Morgan fingerprint density at radius 3 is 2.62 bits per heavy atom. The minimum atomic E-state index is -3.55. The van der Waals surface area contributed by atoms with Gasteiger partial charge in [-0.15, -0.1) is 0 Å². The Morgan fingerprint density at radius 2 is 2.05 bits per heavy atom. The second kappa shape index (κ2) is 6.64. The van der Waals surface area contributed by atoms with Crippen LogP contribution in [-0.4, -0.2) is 39.5 Å². The molecule has 1 aromatic rings. The highest BCUT2D eigenvalue weighted by Gasteiger charge is 2.28. The van der Waals surface area contributed by atoms with E-state index >= 15 is 0 Å². The Kier molecular flexibility index (Phi) is 5.08. The predicted molar refractivity (Wildman–Crippen MR) is 83.6 cm³/mol. The van der Waals surface area contributed by atoms with Gasteiger partial charge >= 0.3 is 10.2 Å². The molecule has 0 radical (unpaired) electrons. The van der Waals surface area contributed by atoms with Crippen LogP contribution in [0.15, 0.2) is 18.2 Å². The number of anilines is 1. The first kappa shape index (κ1) is 16.1. The number of nitrogens with two attached hydrogens (primary N) is 1. The first-order chi connectivity index (χ1) is 9.96. The van der Waals surface area contributed by atoms with Crippen LogP contribution in [0, 0.1) is 12.8 Å². The second-order valence-electron chi connectivity index (χ2n) is 5.39. The van der Waals surface area contributed by atoms with E-state index in [2.05, 4.69) is 4.72 Å². The van der Waals surface area contributed by atoms with Gasteiger partial charge in [0.1, 0.15) is 5.75 Å². The number of nitrogens with one attached hydrogen (secondary N) is 1. The number of benzene rings is 1. The monoisotopic (exact) mass is 313 g/mol. The molecule has 2 rings (SSSR count). The maximum atomic E-state index is 12.5. The van der Waals surface area contributed by atoms with Crippen molar-refractivity contribution >= 4 is 15.9 Å². The summed E-state index contributed by atoms with van der Waals surface area (Å²) in [6.45, 7) is 3.54. The minimum Gasteiger partial charge on any atom is -0.495 e. The molecular formula is C14H23N3O3S. The number of aryl methyl sites for hydroxylation is 1. The van der Waals surface area contributed by atoms with Crippen molar-refractivity contribution in [1.82, 2.24) is 4.31 Å². The highest BCUT2D eigenvalue weighted by atomic mass is 32.2. The van der Waals surface area contributed by atoms with Gasteiger partial charge < -0.3 is 10.5 Å². The van der Waals surface area contributed by atoms with Crippen LogP contribution in [0.3, 0.4) is 0 Å². The van der Waals surface area contributed by atoms with E-state index in [1.54, 1.807) is 12.1 Å². The lowest BCUT2D eigenvalue weighted by Crippen LogP contribution is -2.42. The van der Waals surface area contributed by atoms with Crippen molar-refractivity contribution in [3.63, 3.8) is 0 Å². The number of hydrogen-bond donors (Lipinski definition) is 2. The maximum absolute atomic E-state index is 12.5. The molecule has 1 aromatic carbocycles. The third kappa shape index (κ3) is 3.87. The van der Waals surface area contributed by atoms with Crippen LogP contribution in [0.2, 0.25) is 0 Å². The lowest BCUT2D eigenvalue weighted by molar-refractivity contribution is 0.279. The van der Waals surface area contributed by atoms with Gasteiger partial charge in [0.15, 0.2) is 0 Å². The maximum Gasteiger partial charge on any atom is 0.301 e. The number of rotatable bonds is 5. The van der Waals surface area contributed by atoms with E-state index in [1.807, 2.05) is 13.0 Å². The predicted octanol–water partition coefficient (Wildman–Crippen LogP) is 1.33. The molecule has 3 N–H and O–H groups in total. The molecule has 1 aliphatic rings. The van der Waals surface area contributed by atoms with Gasteiger partial charge in [0, 0.05) is 13.1 Å². The van der Waals surface area contributed by atoms with Crippen molar-refractivity contribution in [2.24, 2.45) is 11.7 Å². The van der Waals surface area contributed by atoms with Crippen LogP contribution in [-0.2, 0) is 10.2 Å². The van der Waals surface area contributed by atoms with Crippen LogP contribution in [0.25, 0.3) is 0 Å². The van der Waals surface area contributed by atoms with Gasteiger partial charge in [0.05, 0.1) is 12.8 Å². The van der Waals surface area contributed by atoms with E-state index in [0.29, 0.717) is 37.0 Å². The minimum absolute atomic E-state index is 0.421. The van der Waals surface area contributed by atoms with Crippen molar-refractivity contribution in [3.8, 4) is 5.75 Å². The first-order valence-electron chi connectivity index (χ1n) is 7.09. The van der Waals surface area contributed by atoms with Crippen LogP contribution < -0.4 is 15.2 Å². The second-order valence-corrected chi connectivity index (χ2v) is 7.06. The van der Waals surface area contributed by atoms with Crippen LogP contribution in [0.4, 0.5) is 5.69 Å². The molecule has 0 aliphatic carbocycles. The normalized spacial score (nSPS) is 17.7. The zero-order valence-corrected chi connectivity index (χ0v) is 13.3. The lowest BCUT2D eigenvalue weighted by Gasteiger charge is -2.30. The topological polar surface area (TPSA) is 84.7 Å². The molecule has 0 bridgehead atoms. The molecule has 1 fully saturated rings. The molecule has 0 unspecified atom stereocenters. The summed E-state index contributed by atoms with van der Waals surface area (Å²) >= 11 is 0. The summed E-state index contributed by atoms with van der Waals surface area (Å²) in [5.74, 6) is 0.936. The summed E-state index contributed by atoms with van der Waals surface area (Å²) in [6.07, 6.45) is 1.62. The van der Waals surface area contributed by atoms with Crippen LogP contribution in [0.5, 0.6) is 5.75 Å². The Morgan fingerprint density at radius 1 is 1.38 bits per heavy atom. The number of ether oxygens (including phenoxy) is 1. The number of nitrogens with zero attached hydrogens (tertiary/aromatic N) is 1. The molecule has 118 valence electrons. The van der Waals surface area contributed by atoms with E-state index in [1.165, 1.54) is 11.4 Å². The molecular weight excluding hydrogens is 290 g/mol. The van der Waals surface area contributed by atoms with E-state index in [4.69, 9.17) is 10.5 Å². The number of hydrogen-bond acceptors (Lipinski definition) is 4. The number of piperidine rings is 1. The van der Waals surface area contributed by atoms with Gasteiger partial charge in [0.25, 0.3) is 0 Å². The van der Waals surface area contributed by atoms with E-state index in [0.717, 1.165) is 18.4 Å². The summed E-state index contributed by atoms with van der Waals surface area (Å²) in [4.78, 5) is 0. The van der Waals surface area contributed by atoms with Crippen molar-refractivity contribution in [1.29, 1.82) is 0 Å². The summed E-state index contributed by atoms with van der Waals surface area (Å²) in [5.41, 5.74) is 7.07. The average molecular weight is 313 g/mol. The molecule has 0 saturated carbocycles. The Balaban J connectivity index is 2.13. The van der Waals surface area contributed by atoms with Crippen molar-refractivity contribution in [3.05, 3.63) is 23.8 Å². The first-order valence-corrected chi connectivity index (χ1v) is 8.53. The van der Waals surface area contributed by atoms with Crippen molar-refractivity contribution in [2.75, 3.05) is 31.5 Å². The Bertz CT molecular complexity index is 581. The Hall–Kier alpha value is -1.31. The Labute approximate surface area is 126 Å². The largest absolute Gasteiger partial charge is 0.495 e. The quantitative estimate of drug-likeness (QED) is 0.859. The SMILES string of the molecule is COc1ccc(C)cc1NS(=O)(=O)N1CCC(CN)CC1. The van der Waals surface area contributed by atoms with Crippen LogP contribution >= 0.6 is 0 Å². The molecule has 0 spiro atoms. The molecule has 0 amide bonds.